The van der Waals surface area contributed by atoms with E-state index in [1.54, 1.807) is 6.92 Å². The van der Waals surface area contributed by atoms with Crippen LogP contribution in [0.1, 0.15) is 43.0 Å². The molecule has 3 N–H and O–H groups in total. The first-order valence-electron chi connectivity index (χ1n) is 4.58. The second-order valence-electron chi connectivity index (χ2n) is 3.26. The molecule has 1 heterocycles. The number of aromatic amines is 1. The summed E-state index contributed by atoms with van der Waals surface area (Å²) in [6, 6.07) is 0. The predicted octanol–water partition coefficient (Wildman–Crippen LogP) is 1.29. The van der Waals surface area contributed by atoms with E-state index in [4.69, 9.17) is 10.5 Å². The summed E-state index contributed by atoms with van der Waals surface area (Å²) >= 11 is 0. The van der Waals surface area contributed by atoms with Crippen LogP contribution >= 0.6 is 0 Å². The van der Waals surface area contributed by atoms with E-state index in [1.807, 2.05) is 13.8 Å². The number of hydrogen-bond acceptors (Lipinski definition) is 4. The first-order chi connectivity index (χ1) is 6.56. The van der Waals surface area contributed by atoms with Gasteiger partial charge in [-0.15, -0.1) is 0 Å². The van der Waals surface area contributed by atoms with E-state index in [9.17, 15) is 4.79 Å². The maximum absolute atomic E-state index is 11.3. The van der Waals surface area contributed by atoms with Gasteiger partial charge in [0, 0.05) is 5.92 Å². The number of nitrogens with zero attached hydrogens (tertiary/aromatic N) is 1. The van der Waals surface area contributed by atoms with Gasteiger partial charge < -0.3 is 15.5 Å². The summed E-state index contributed by atoms with van der Waals surface area (Å²) in [7, 11) is 0. The molecule has 0 aromatic carbocycles. The fraction of sp³-hybridized carbons (Fsp3) is 0.556. The molecule has 0 radical (unpaired) electrons. The molecule has 0 bridgehead atoms. The van der Waals surface area contributed by atoms with E-state index in [2.05, 4.69) is 9.97 Å². The van der Waals surface area contributed by atoms with E-state index in [0.717, 1.165) is 0 Å². The number of aromatic nitrogens is 2. The van der Waals surface area contributed by atoms with Gasteiger partial charge in [0.2, 0.25) is 0 Å². The molecule has 0 atom stereocenters. The Morgan fingerprint density at radius 3 is 2.71 bits per heavy atom. The van der Waals surface area contributed by atoms with E-state index in [0.29, 0.717) is 12.4 Å². The minimum Gasteiger partial charge on any atom is -0.461 e. The summed E-state index contributed by atoms with van der Waals surface area (Å²) in [5.41, 5.74) is 5.81. The fourth-order valence-electron chi connectivity index (χ4n) is 1.04. The Bertz CT molecular complexity index is 331. The number of imidazole rings is 1. The third-order valence-corrected chi connectivity index (χ3v) is 1.78. The molecule has 0 spiro atoms. The second kappa shape index (κ2) is 4.13. The van der Waals surface area contributed by atoms with Crippen LogP contribution in [0.5, 0.6) is 0 Å². The van der Waals surface area contributed by atoms with Crippen LogP contribution in [0.3, 0.4) is 0 Å². The number of nitrogens with one attached hydrogen (secondary N) is 1. The molecule has 0 aliphatic heterocycles. The number of hydrogen-bond donors (Lipinski definition) is 2. The quantitative estimate of drug-likeness (QED) is 0.715. The molecule has 1 aromatic heterocycles. The summed E-state index contributed by atoms with van der Waals surface area (Å²) < 4.78 is 4.81. The Kier molecular flexibility index (Phi) is 3.11. The highest BCUT2D eigenvalue weighted by Gasteiger charge is 2.17. The monoisotopic (exact) mass is 197 g/mol. The van der Waals surface area contributed by atoms with Crippen LogP contribution in [0.4, 0.5) is 5.82 Å². The molecular formula is C9H15N3O2. The van der Waals surface area contributed by atoms with Crippen LogP contribution in [0.2, 0.25) is 0 Å². The van der Waals surface area contributed by atoms with E-state index < -0.39 is 5.97 Å². The molecule has 0 aliphatic rings. The summed E-state index contributed by atoms with van der Waals surface area (Å²) in [4.78, 5) is 18.2. The van der Waals surface area contributed by atoms with Gasteiger partial charge in [-0.25, -0.2) is 9.78 Å². The molecule has 1 rings (SSSR count). The first kappa shape index (κ1) is 10.6. The van der Waals surface area contributed by atoms with Gasteiger partial charge in [-0.2, -0.15) is 0 Å². The van der Waals surface area contributed by atoms with Crippen LogP contribution in [-0.2, 0) is 4.74 Å². The molecule has 0 saturated carbocycles. The topological polar surface area (TPSA) is 81.0 Å². The zero-order valence-electron chi connectivity index (χ0n) is 8.63. The summed E-state index contributed by atoms with van der Waals surface area (Å²) in [6.45, 7) is 6.00. The van der Waals surface area contributed by atoms with Gasteiger partial charge in [0.1, 0.15) is 5.82 Å². The third-order valence-electron chi connectivity index (χ3n) is 1.78. The lowest BCUT2D eigenvalue weighted by Crippen LogP contribution is -2.07. The fourth-order valence-corrected chi connectivity index (χ4v) is 1.04. The highest BCUT2D eigenvalue weighted by Crippen LogP contribution is 2.16. The van der Waals surface area contributed by atoms with Gasteiger partial charge >= 0.3 is 5.97 Å². The largest absolute Gasteiger partial charge is 0.461 e. The zero-order chi connectivity index (χ0) is 10.7. The number of carbonyl (C=O) groups is 1. The molecule has 78 valence electrons. The van der Waals surface area contributed by atoms with E-state index in [-0.39, 0.29) is 17.4 Å². The van der Waals surface area contributed by atoms with Crippen molar-refractivity contribution in [2.24, 2.45) is 0 Å². The molecule has 0 aliphatic carbocycles. The van der Waals surface area contributed by atoms with Crippen molar-refractivity contribution in [3.8, 4) is 0 Å². The lowest BCUT2D eigenvalue weighted by molar-refractivity contribution is 0.0521. The number of esters is 1. The van der Waals surface area contributed by atoms with Crippen molar-refractivity contribution >= 4 is 11.8 Å². The molecule has 1 aromatic rings. The Labute approximate surface area is 82.7 Å². The van der Waals surface area contributed by atoms with Crippen molar-refractivity contribution in [3.63, 3.8) is 0 Å². The van der Waals surface area contributed by atoms with Crippen LogP contribution in [0, 0.1) is 0 Å². The number of carbonyl (C=O) groups excluding carboxylic acids is 1. The van der Waals surface area contributed by atoms with Gasteiger partial charge in [0.25, 0.3) is 0 Å². The predicted molar refractivity (Wildman–Crippen MR) is 53.0 cm³/mol. The first-order valence-corrected chi connectivity index (χ1v) is 4.58. The van der Waals surface area contributed by atoms with Crippen LogP contribution in [0.15, 0.2) is 0 Å². The Morgan fingerprint density at radius 2 is 2.29 bits per heavy atom. The Hall–Kier alpha value is -1.52. The summed E-state index contributed by atoms with van der Waals surface area (Å²) in [5, 5.41) is 0. The number of ether oxygens (including phenoxy) is 1. The number of nitrogens with two attached hydrogens (primary N) is 1. The zero-order valence-corrected chi connectivity index (χ0v) is 8.63. The third kappa shape index (κ3) is 2.04. The van der Waals surface area contributed by atoms with Gasteiger partial charge in [-0.3, -0.25) is 0 Å². The molecule has 14 heavy (non-hydrogen) atoms. The van der Waals surface area contributed by atoms with Gasteiger partial charge in [-0.05, 0) is 6.92 Å². The van der Waals surface area contributed by atoms with Crippen LogP contribution in [-0.4, -0.2) is 22.5 Å². The maximum atomic E-state index is 11.3. The van der Waals surface area contributed by atoms with Crippen molar-refractivity contribution in [2.45, 2.75) is 26.7 Å². The lowest BCUT2D eigenvalue weighted by Gasteiger charge is -1.99. The molecule has 0 fully saturated rings. The standard InChI is InChI=1S/C9H15N3O2/c1-4-14-9(13)6-7(10)12-8(11-6)5(2)3/h5H,4,10H2,1-3H3,(H,11,12). The average Bonchev–Trinajstić information content (AvgIpc) is 2.48. The molecule has 0 amide bonds. The minimum absolute atomic E-state index is 0.201. The molecule has 0 unspecified atom stereocenters. The minimum atomic E-state index is -0.454. The number of anilines is 1. The summed E-state index contributed by atoms with van der Waals surface area (Å²) in [5.74, 6) is 0.655. The molecule has 5 heteroatoms. The highest BCUT2D eigenvalue weighted by molar-refractivity contribution is 5.92. The summed E-state index contributed by atoms with van der Waals surface area (Å²) in [6.07, 6.45) is 0. The van der Waals surface area contributed by atoms with Crippen molar-refractivity contribution in [3.05, 3.63) is 11.5 Å². The van der Waals surface area contributed by atoms with Crippen LogP contribution in [0.25, 0.3) is 0 Å². The van der Waals surface area contributed by atoms with Crippen LogP contribution < -0.4 is 5.73 Å². The van der Waals surface area contributed by atoms with Crippen molar-refractivity contribution in [1.29, 1.82) is 0 Å². The highest BCUT2D eigenvalue weighted by atomic mass is 16.5. The van der Waals surface area contributed by atoms with Crippen molar-refractivity contribution < 1.29 is 9.53 Å². The van der Waals surface area contributed by atoms with Crippen molar-refractivity contribution in [2.75, 3.05) is 12.3 Å². The number of rotatable bonds is 3. The molecule has 0 saturated heterocycles. The number of nitrogen functional groups attached to an aromatic ring is 1. The SMILES string of the molecule is CCOC(=O)c1[nH]c(C(C)C)nc1N. The van der Waals surface area contributed by atoms with E-state index in [1.165, 1.54) is 0 Å². The Balaban J connectivity index is 2.92. The molecule has 5 nitrogen and oxygen atoms in total. The maximum Gasteiger partial charge on any atom is 0.358 e. The normalized spacial score (nSPS) is 10.6. The van der Waals surface area contributed by atoms with Crippen molar-refractivity contribution in [1.82, 2.24) is 9.97 Å². The average molecular weight is 197 g/mol. The van der Waals surface area contributed by atoms with Gasteiger partial charge in [0.15, 0.2) is 11.5 Å². The van der Waals surface area contributed by atoms with E-state index >= 15 is 0 Å². The second-order valence-corrected chi connectivity index (χ2v) is 3.26. The smallest absolute Gasteiger partial charge is 0.358 e. The molecular weight excluding hydrogens is 182 g/mol. The lowest BCUT2D eigenvalue weighted by atomic mass is 10.2. The number of H-pyrrole nitrogens is 1. The Morgan fingerprint density at radius 1 is 1.64 bits per heavy atom. The van der Waals surface area contributed by atoms with Gasteiger partial charge in [0.05, 0.1) is 6.61 Å². The van der Waals surface area contributed by atoms with Gasteiger partial charge in [-0.1, -0.05) is 13.8 Å².